The predicted molar refractivity (Wildman–Crippen MR) is 87.2 cm³/mol. The van der Waals surface area contributed by atoms with E-state index in [0.717, 1.165) is 22.5 Å². The molecule has 108 valence electrons. The van der Waals surface area contributed by atoms with E-state index in [1.807, 2.05) is 23.0 Å². The van der Waals surface area contributed by atoms with E-state index in [-0.39, 0.29) is 5.54 Å². The van der Waals surface area contributed by atoms with Crippen molar-refractivity contribution in [2.75, 3.05) is 0 Å². The zero-order valence-corrected chi connectivity index (χ0v) is 14.3. The van der Waals surface area contributed by atoms with E-state index in [1.165, 1.54) is 5.56 Å². The number of halogens is 1. The average Bonchev–Trinajstić information content (AvgIpc) is 2.88. The lowest BCUT2D eigenvalue weighted by Crippen LogP contribution is -2.35. The Morgan fingerprint density at radius 2 is 2.15 bits per heavy atom. The minimum absolute atomic E-state index is 0.0941. The van der Waals surface area contributed by atoms with Gasteiger partial charge >= 0.3 is 0 Å². The highest BCUT2D eigenvalue weighted by molar-refractivity contribution is 9.10. The molecule has 2 rings (SSSR count). The van der Waals surface area contributed by atoms with Gasteiger partial charge in [0.25, 0.3) is 0 Å². The molecule has 1 heterocycles. The van der Waals surface area contributed by atoms with E-state index >= 15 is 0 Å². The van der Waals surface area contributed by atoms with Crippen molar-refractivity contribution >= 4 is 27.3 Å². The minimum atomic E-state index is 0.0941. The van der Waals surface area contributed by atoms with Gasteiger partial charge in [0.05, 0.1) is 11.2 Å². The number of benzene rings is 1. The van der Waals surface area contributed by atoms with Crippen LogP contribution in [0.15, 0.2) is 33.6 Å². The predicted octanol–water partition coefficient (Wildman–Crippen LogP) is 4.37. The van der Waals surface area contributed by atoms with Crippen LogP contribution in [0.1, 0.15) is 32.0 Å². The zero-order valence-electron chi connectivity index (χ0n) is 11.9. The van der Waals surface area contributed by atoms with E-state index < -0.39 is 0 Å². The Labute approximate surface area is 132 Å². The Morgan fingerprint density at radius 3 is 2.80 bits per heavy atom. The van der Waals surface area contributed by atoms with E-state index in [4.69, 9.17) is 4.74 Å². The number of rotatable bonds is 5. The van der Waals surface area contributed by atoms with Crippen molar-refractivity contribution in [3.05, 3.63) is 44.8 Å². The van der Waals surface area contributed by atoms with Crippen LogP contribution >= 0.6 is 27.3 Å². The maximum absolute atomic E-state index is 5.77. The topological polar surface area (TPSA) is 34.1 Å². The molecule has 1 N–H and O–H groups in total. The molecule has 0 spiro atoms. The number of hydrogen-bond acceptors (Lipinski definition) is 4. The van der Waals surface area contributed by atoms with Crippen LogP contribution < -0.4 is 10.1 Å². The van der Waals surface area contributed by atoms with Crippen molar-refractivity contribution in [2.45, 2.75) is 39.5 Å². The van der Waals surface area contributed by atoms with Crippen LogP contribution in [0.3, 0.4) is 0 Å². The molecular formula is C15H19BrN2OS. The van der Waals surface area contributed by atoms with Crippen molar-refractivity contribution in [3.8, 4) is 5.75 Å². The maximum atomic E-state index is 5.77. The van der Waals surface area contributed by atoms with Crippen molar-refractivity contribution in [3.63, 3.8) is 0 Å². The standard InChI is InChI=1S/C15H19BrN2OS/c1-15(2,3)18-7-11-6-13(4-5-14(11)16)19-8-12-9-20-10-17-12/h4-6,9-10,18H,7-8H2,1-3H3. The molecule has 0 saturated heterocycles. The van der Waals surface area contributed by atoms with Crippen molar-refractivity contribution < 1.29 is 4.74 Å². The highest BCUT2D eigenvalue weighted by Gasteiger charge is 2.10. The fourth-order valence-electron chi connectivity index (χ4n) is 1.60. The summed E-state index contributed by atoms with van der Waals surface area (Å²) in [5.41, 5.74) is 4.07. The van der Waals surface area contributed by atoms with Gasteiger partial charge in [0.15, 0.2) is 0 Å². The molecule has 0 saturated carbocycles. The minimum Gasteiger partial charge on any atom is -0.487 e. The molecule has 0 aliphatic carbocycles. The third kappa shape index (κ3) is 4.89. The fraction of sp³-hybridized carbons (Fsp3) is 0.400. The Kier molecular flexibility index (Phi) is 5.18. The van der Waals surface area contributed by atoms with Gasteiger partial charge in [-0.2, -0.15) is 0 Å². The van der Waals surface area contributed by atoms with Gasteiger partial charge in [-0.15, -0.1) is 11.3 Å². The molecule has 0 amide bonds. The van der Waals surface area contributed by atoms with Crippen molar-refractivity contribution in [1.82, 2.24) is 10.3 Å². The van der Waals surface area contributed by atoms with Gasteiger partial charge in [0.1, 0.15) is 12.4 Å². The fourth-order valence-corrected chi connectivity index (χ4v) is 2.53. The molecule has 5 heteroatoms. The van der Waals surface area contributed by atoms with Crippen LogP contribution in [-0.2, 0) is 13.2 Å². The first-order valence-electron chi connectivity index (χ1n) is 6.47. The molecule has 2 aromatic rings. The smallest absolute Gasteiger partial charge is 0.131 e. The first-order valence-corrected chi connectivity index (χ1v) is 8.21. The van der Waals surface area contributed by atoms with Crippen LogP contribution in [-0.4, -0.2) is 10.5 Å². The highest BCUT2D eigenvalue weighted by Crippen LogP contribution is 2.24. The molecule has 20 heavy (non-hydrogen) atoms. The van der Waals surface area contributed by atoms with Gasteiger partial charge in [-0.05, 0) is 44.5 Å². The molecule has 1 aromatic carbocycles. The molecule has 0 aliphatic rings. The van der Waals surface area contributed by atoms with E-state index in [1.54, 1.807) is 11.3 Å². The lowest BCUT2D eigenvalue weighted by atomic mass is 10.1. The largest absolute Gasteiger partial charge is 0.487 e. The van der Waals surface area contributed by atoms with Crippen LogP contribution in [0, 0.1) is 0 Å². The summed E-state index contributed by atoms with van der Waals surface area (Å²) < 4.78 is 6.87. The summed E-state index contributed by atoms with van der Waals surface area (Å²) in [5, 5.41) is 5.48. The van der Waals surface area contributed by atoms with Crippen LogP contribution in [0.25, 0.3) is 0 Å². The second-order valence-corrected chi connectivity index (χ2v) is 7.20. The maximum Gasteiger partial charge on any atom is 0.131 e. The SMILES string of the molecule is CC(C)(C)NCc1cc(OCc2cscn2)ccc1Br. The number of hydrogen-bond donors (Lipinski definition) is 1. The molecule has 1 aromatic heterocycles. The Morgan fingerprint density at radius 1 is 1.35 bits per heavy atom. The summed E-state index contributed by atoms with van der Waals surface area (Å²) in [6, 6.07) is 6.06. The molecule has 0 radical (unpaired) electrons. The second kappa shape index (κ2) is 6.70. The summed E-state index contributed by atoms with van der Waals surface area (Å²) in [5.74, 6) is 0.868. The average molecular weight is 355 g/mol. The van der Waals surface area contributed by atoms with Crippen LogP contribution in [0.4, 0.5) is 0 Å². The third-order valence-electron chi connectivity index (χ3n) is 2.70. The molecule has 0 atom stereocenters. The summed E-state index contributed by atoms with van der Waals surface area (Å²) >= 11 is 5.16. The van der Waals surface area contributed by atoms with Gasteiger partial charge in [0, 0.05) is 21.9 Å². The monoisotopic (exact) mass is 354 g/mol. The van der Waals surface area contributed by atoms with Crippen LogP contribution in [0.2, 0.25) is 0 Å². The quantitative estimate of drug-likeness (QED) is 0.865. The van der Waals surface area contributed by atoms with Gasteiger partial charge in [0.2, 0.25) is 0 Å². The number of ether oxygens (including phenoxy) is 1. The van der Waals surface area contributed by atoms with E-state index in [0.29, 0.717) is 6.61 Å². The van der Waals surface area contributed by atoms with Gasteiger partial charge in [-0.25, -0.2) is 4.98 Å². The Balaban J connectivity index is 2.00. The lowest BCUT2D eigenvalue weighted by molar-refractivity contribution is 0.301. The number of aromatic nitrogens is 1. The molecule has 0 bridgehead atoms. The van der Waals surface area contributed by atoms with E-state index in [2.05, 4.69) is 53.1 Å². The molecule has 3 nitrogen and oxygen atoms in total. The van der Waals surface area contributed by atoms with Crippen molar-refractivity contribution in [2.24, 2.45) is 0 Å². The first kappa shape index (κ1) is 15.5. The molecule has 0 fully saturated rings. The summed E-state index contributed by atoms with van der Waals surface area (Å²) in [6.07, 6.45) is 0. The molecular weight excluding hydrogens is 336 g/mol. The number of thiazole rings is 1. The van der Waals surface area contributed by atoms with Gasteiger partial charge < -0.3 is 10.1 Å². The van der Waals surface area contributed by atoms with Crippen molar-refractivity contribution in [1.29, 1.82) is 0 Å². The molecule has 0 unspecified atom stereocenters. The Bertz CT molecular complexity index is 549. The second-order valence-electron chi connectivity index (χ2n) is 5.63. The van der Waals surface area contributed by atoms with Gasteiger partial charge in [-0.1, -0.05) is 15.9 Å². The zero-order chi connectivity index (χ0) is 14.6. The molecule has 0 aliphatic heterocycles. The Hall–Kier alpha value is -0.910. The number of nitrogens with one attached hydrogen (secondary N) is 1. The van der Waals surface area contributed by atoms with E-state index in [9.17, 15) is 0 Å². The summed E-state index contributed by atoms with van der Waals surface area (Å²) in [4.78, 5) is 4.21. The normalized spacial score (nSPS) is 11.6. The van der Waals surface area contributed by atoms with Gasteiger partial charge in [-0.3, -0.25) is 0 Å². The lowest BCUT2D eigenvalue weighted by Gasteiger charge is -2.21. The highest BCUT2D eigenvalue weighted by atomic mass is 79.9. The van der Waals surface area contributed by atoms with Crippen LogP contribution in [0.5, 0.6) is 5.75 Å². The first-order chi connectivity index (χ1) is 9.44. The summed E-state index contributed by atoms with van der Waals surface area (Å²) in [6.45, 7) is 7.78. The third-order valence-corrected chi connectivity index (χ3v) is 4.11. The summed E-state index contributed by atoms with van der Waals surface area (Å²) in [7, 11) is 0. The number of nitrogens with zero attached hydrogens (tertiary/aromatic N) is 1.